The third kappa shape index (κ3) is 9.49. The fourth-order valence-corrected chi connectivity index (χ4v) is 6.28. The molecular formula is C34H50N4O8. The largest absolute Gasteiger partial charge is 0.460 e. The molecule has 0 atom stereocenters. The van der Waals surface area contributed by atoms with E-state index in [9.17, 15) is 9.59 Å². The first kappa shape index (κ1) is 34.3. The Bertz CT molecular complexity index is 1290. The summed E-state index contributed by atoms with van der Waals surface area (Å²) in [6.45, 7) is 11.7. The lowest BCUT2D eigenvalue weighted by atomic mass is 9.89. The van der Waals surface area contributed by atoms with Gasteiger partial charge < -0.3 is 27.8 Å². The van der Waals surface area contributed by atoms with Crippen LogP contribution in [0, 0.1) is 0 Å². The topological polar surface area (TPSA) is 130 Å². The average molecular weight is 643 g/mol. The van der Waals surface area contributed by atoms with Gasteiger partial charge in [0.1, 0.15) is 11.4 Å². The quantitative estimate of drug-likeness (QED) is 0.309. The maximum Gasteiger partial charge on any atom is 0.376 e. The molecular weight excluding hydrogens is 592 g/mol. The van der Waals surface area contributed by atoms with Crippen LogP contribution in [-0.2, 0) is 32.0 Å². The van der Waals surface area contributed by atoms with Crippen molar-refractivity contribution in [3.63, 3.8) is 0 Å². The Labute approximate surface area is 271 Å². The molecule has 2 saturated heterocycles. The van der Waals surface area contributed by atoms with Crippen molar-refractivity contribution in [1.82, 2.24) is 19.8 Å². The number of nitrogens with zero attached hydrogens (tertiary/aromatic N) is 4. The normalized spacial score (nSPS) is 20.0. The average Bonchev–Trinajstić information content (AvgIpc) is 3.72. The van der Waals surface area contributed by atoms with Crippen LogP contribution in [0.15, 0.2) is 14.9 Å². The van der Waals surface area contributed by atoms with Crippen molar-refractivity contribution < 1.29 is 37.4 Å². The molecule has 0 N–H and O–H groups in total. The molecule has 0 spiro atoms. The number of rotatable bonds is 10. The van der Waals surface area contributed by atoms with Crippen LogP contribution in [0.1, 0.15) is 122 Å². The summed E-state index contributed by atoms with van der Waals surface area (Å²) in [6, 6.07) is 0. The highest BCUT2D eigenvalue weighted by Crippen LogP contribution is 2.33. The van der Waals surface area contributed by atoms with Gasteiger partial charge in [-0.1, -0.05) is 25.3 Å². The van der Waals surface area contributed by atoms with E-state index in [2.05, 4.69) is 25.8 Å². The first-order valence-corrected chi connectivity index (χ1v) is 17.2. The molecule has 4 heterocycles. The van der Waals surface area contributed by atoms with Crippen molar-refractivity contribution in [1.29, 1.82) is 0 Å². The second kappa shape index (κ2) is 17.7. The van der Waals surface area contributed by atoms with E-state index in [1.165, 1.54) is 25.7 Å². The zero-order chi connectivity index (χ0) is 32.1. The summed E-state index contributed by atoms with van der Waals surface area (Å²) in [5, 5.41) is 0. The van der Waals surface area contributed by atoms with Gasteiger partial charge in [0.15, 0.2) is 5.89 Å². The number of carbonyl (C=O) groups excluding carboxylic acids is 2. The molecule has 4 aliphatic rings. The van der Waals surface area contributed by atoms with Crippen LogP contribution < -0.4 is 0 Å². The van der Waals surface area contributed by atoms with Crippen molar-refractivity contribution in [2.75, 3.05) is 65.8 Å². The van der Waals surface area contributed by atoms with Gasteiger partial charge in [-0.2, -0.15) is 0 Å². The molecule has 0 bridgehead atoms. The van der Waals surface area contributed by atoms with E-state index in [0.717, 1.165) is 83.0 Å². The molecule has 12 heteroatoms. The number of oxazole rings is 2. The summed E-state index contributed by atoms with van der Waals surface area (Å²) >= 11 is 0. The zero-order valence-electron chi connectivity index (χ0n) is 27.6. The van der Waals surface area contributed by atoms with Gasteiger partial charge in [-0.25, -0.2) is 19.6 Å². The summed E-state index contributed by atoms with van der Waals surface area (Å²) in [4.78, 5) is 38.2. The maximum absolute atomic E-state index is 12.2. The van der Waals surface area contributed by atoms with E-state index >= 15 is 0 Å². The van der Waals surface area contributed by atoms with Gasteiger partial charge in [0, 0.05) is 50.8 Å². The monoisotopic (exact) mass is 642 g/mol. The lowest BCUT2D eigenvalue weighted by Crippen LogP contribution is -2.36. The van der Waals surface area contributed by atoms with Gasteiger partial charge in [-0.05, 0) is 52.4 Å². The lowest BCUT2D eigenvalue weighted by Gasteiger charge is -2.25. The van der Waals surface area contributed by atoms with Crippen LogP contribution >= 0.6 is 0 Å². The zero-order valence-corrected chi connectivity index (χ0v) is 27.6. The van der Waals surface area contributed by atoms with Crippen LogP contribution in [0.3, 0.4) is 0 Å². The highest BCUT2D eigenvalue weighted by molar-refractivity contribution is 5.88. The molecule has 2 aliphatic carbocycles. The minimum atomic E-state index is -0.425. The fraction of sp³-hybridized carbons (Fsp3) is 0.706. The first-order valence-electron chi connectivity index (χ1n) is 17.2. The second-order valence-corrected chi connectivity index (χ2v) is 12.2. The summed E-state index contributed by atoms with van der Waals surface area (Å²) in [7, 11) is 0. The van der Waals surface area contributed by atoms with E-state index < -0.39 is 11.9 Å². The number of hydrogen-bond donors (Lipinski definition) is 0. The molecule has 6 rings (SSSR count). The van der Waals surface area contributed by atoms with Crippen molar-refractivity contribution in [2.24, 2.45) is 0 Å². The van der Waals surface area contributed by atoms with Gasteiger partial charge in [-0.15, -0.1) is 0 Å². The predicted octanol–water partition coefficient (Wildman–Crippen LogP) is 5.37. The molecule has 0 amide bonds. The summed E-state index contributed by atoms with van der Waals surface area (Å²) in [5.74, 6) is 1.36. The Morgan fingerprint density at radius 3 is 1.87 bits per heavy atom. The van der Waals surface area contributed by atoms with Crippen LogP contribution in [0.25, 0.3) is 5.57 Å². The van der Waals surface area contributed by atoms with Crippen molar-refractivity contribution in [3.8, 4) is 0 Å². The standard InChI is InChI=1S/C17H26N2O4.C17H24N2O4/c2*1-2-22-17(20)15-14(12-19-8-10-21-11-9-19)18-16(23-15)13-6-4-3-5-7-13/h13H,2-12H2,1H3;6H,2-5,7-12H2,1H3. The summed E-state index contributed by atoms with van der Waals surface area (Å²) < 4.78 is 32.7. The molecule has 3 fully saturated rings. The Kier molecular flexibility index (Phi) is 13.2. The molecule has 1 saturated carbocycles. The highest BCUT2D eigenvalue weighted by atomic mass is 16.5. The van der Waals surface area contributed by atoms with E-state index in [1.54, 1.807) is 13.8 Å². The Morgan fingerprint density at radius 2 is 1.33 bits per heavy atom. The van der Waals surface area contributed by atoms with E-state index in [4.69, 9.17) is 27.8 Å². The van der Waals surface area contributed by atoms with Crippen LogP contribution in [0.4, 0.5) is 0 Å². The number of aromatic nitrogens is 2. The Balaban J connectivity index is 0.000000181. The molecule has 254 valence electrons. The SMILES string of the molecule is CCOC(=O)c1oc(C2=CCCCC2)nc1CN1CCOCC1.CCOC(=O)c1oc(C2CCCCC2)nc1CN1CCOCC1. The van der Waals surface area contributed by atoms with Crippen molar-refractivity contribution >= 4 is 17.5 Å². The van der Waals surface area contributed by atoms with Crippen LogP contribution in [-0.4, -0.2) is 97.5 Å². The molecule has 0 aromatic carbocycles. The number of esters is 2. The van der Waals surface area contributed by atoms with Gasteiger partial charge in [0.2, 0.25) is 17.4 Å². The van der Waals surface area contributed by atoms with E-state index in [0.29, 0.717) is 68.5 Å². The molecule has 2 aromatic rings. The number of carbonyl (C=O) groups is 2. The smallest absolute Gasteiger partial charge is 0.376 e. The third-order valence-electron chi connectivity index (χ3n) is 8.81. The highest BCUT2D eigenvalue weighted by Gasteiger charge is 2.29. The number of ether oxygens (including phenoxy) is 4. The molecule has 0 unspecified atom stereocenters. The van der Waals surface area contributed by atoms with Gasteiger partial charge >= 0.3 is 11.9 Å². The fourth-order valence-electron chi connectivity index (χ4n) is 6.28. The molecule has 46 heavy (non-hydrogen) atoms. The minimum Gasteiger partial charge on any atom is -0.460 e. The predicted molar refractivity (Wildman–Crippen MR) is 169 cm³/mol. The second-order valence-electron chi connectivity index (χ2n) is 12.2. The van der Waals surface area contributed by atoms with E-state index in [1.807, 2.05) is 0 Å². The van der Waals surface area contributed by atoms with Gasteiger partial charge in [0.05, 0.1) is 39.6 Å². The van der Waals surface area contributed by atoms with Crippen molar-refractivity contribution in [3.05, 3.63) is 40.8 Å². The van der Waals surface area contributed by atoms with Crippen molar-refractivity contribution in [2.45, 2.75) is 90.6 Å². The molecule has 0 radical (unpaired) electrons. The third-order valence-corrected chi connectivity index (χ3v) is 8.81. The Morgan fingerprint density at radius 1 is 0.761 bits per heavy atom. The molecule has 2 aliphatic heterocycles. The summed E-state index contributed by atoms with van der Waals surface area (Å²) in [6.07, 6.45) is 12.4. The van der Waals surface area contributed by atoms with Gasteiger partial charge in [-0.3, -0.25) is 9.80 Å². The first-order chi connectivity index (χ1) is 22.6. The van der Waals surface area contributed by atoms with E-state index in [-0.39, 0.29) is 5.76 Å². The lowest BCUT2D eigenvalue weighted by molar-refractivity contribution is 0.0325. The molecule has 2 aromatic heterocycles. The summed E-state index contributed by atoms with van der Waals surface area (Å²) in [5.41, 5.74) is 2.49. The maximum atomic E-state index is 12.2. The Hall–Kier alpha value is -3.06. The van der Waals surface area contributed by atoms with Gasteiger partial charge in [0.25, 0.3) is 0 Å². The minimum absolute atomic E-state index is 0.250. The number of morpholine rings is 2. The number of allylic oxidation sites excluding steroid dienone is 2. The molecule has 12 nitrogen and oxygen atoms in total. The number of hydrogen-bond acceptors (Lipinski definition) is 12. The van der Waals surface area contributed by atoms with Crippen LogP contribution in [0.2, 0.25) is 0 Å². The van der Waals surface area contributed by atoms with Crippen LogP contribution in [0.5, 0.6) is 0 Å².